The van der Waals surface area contributed by atoms with Gasteiger partial charge in [0.15, 0.2) is 11.0 Å². The van der Waals surface area contributed by atoms with Gasteiger partial charge in [-0.25, -0.2) is 4.99 Å². The van der Waals surface area contributed by atoms with Crippen molar-refractivity contribution in [3.05, 3.63) is 71.4 Å². The molecule has 1 aliphatic heterocycles. The molecule has 1 aliphatic rings. The smallest absolute Gasteiger partial charge is 0.168 e. The van der Waals surface area contributed by atoms with E-state index in [0.29, 0.717) is 0 Å². The molecule has 2 aromatic rings. The molecule has 0 spiro atoms. The summed E-state index contributed by atoms with van der Waals surface area (Å²) in [6.45, 7) is 3.60. The Bertz CT molecular complexity index is 857. The molecule has 0 aliphatic carbocycles. The number of hydrogen-bond donors (Lipinski definition) is 0. The summed E-state index contributed by atoms with van der Waals surface area (Å²) in [5.41, 5.74) is 3.63. The van der Waals surface area contributed by atoms with Gasteiger partial charge in [0, 0.05) is 17.0 Å². The maximum atomic E-state index is 12.5. The molecule has 134 valence electrons. The van der Waals surface area contributed by atoms with Gasteiger partial charge in [0.2, 0.25) is 0 Å². The molecule has 3 rings (SSSR count). The van der Waals surface area contributed by atoms with Gasteiger partial charge in [0.25, 0.3) is 0 Å². The number of para-hydroxylation sites is 1. The Balaban J connectivity index is 2.12. The molecule has 4 nitrogen and oxygen atoms in total. The molecule has 0 N–H and O–H groups in total. The average Bonchev–Trinajstić information content (AvgIpc) is 2.67. The summed E-state index contributed by atoms with van der Waals surface area (Å²) in [5.74, 6) is 0.822. The fourth-order valence-electron chi connectivity index (χ4n) is 3.19. The number of aliphatic imine (C=N–C) groups is 1. The quantitative estimate of drug-likeness (QED) is 0.776. The van der Waals surface area contributed by atoms with Crippen molar-refractivity contribution < 1.29 is 9.53 Å². The minimum atomic E-state index is -0.305. The number of Topliss-reactive ketones (excluding diaryl/α,β-unsaturated/α-hetero) is 1. The summed E-state index contributed by atoms with van der Waals surface area (Å²) in [6.07, 6.45) is 2.01. The lowest BCUT2D eigenvalue weighted by molar-refractivity contribution is -0.113. The van der Waals surface area contributed by atoms with Crippen molar-refractivity contribution in [2.24, 2.45) is 4.99 Å². The molecule has 26 heavy (non-hydrogen) atoms. The zero-order valence-electron chi connectivity index (χ0n) is 15.4. The Morgan fingerprint density at radius 3 is 2.31 bits per heavy atom. The lowest BCUT2D eigenvalue weighted by Crippen LogP contribution is -2.34. The summed E-state index contributed by atoms with van der Waals surface area (Å²) in [5, 5.41) is 0.875. The third-order valence-corrected chi connectivity index (χ3v) is 5.09. The number of ether oxygens (including phenoxy) is 1. The van der Waals surface area contributed by atoms with E-state index in [2.05, 4.69) is 4.90 Å². The fraction of sp³-hybridized carbons (Fsp3) is 0.238. The van der Waals surface area contributed by atoms with Crippen LogP contribution in [0.15, 0.2) is 70.9 Å². The van der Waals surface area contributed by atoms with Gasteiger partial charge in [0.05, 0.1) is 7.11 Å². The molecule has 0 radical (unpaired) electrons. The average molecular weight is 366 g/mol. The largest absolute Gasteiger partial charge is 0.497 e. The number of thioether (sulfide) groups is 1. The molecule has 0 fully saturated rings. The normalized spacial score (nSPS) is 17.2. The first kappa shape index (κ1) is 18.3. The Hall–Kier alpha value is -2.53. The van der Waals surface area contributed by atoms with Crippen molar-refractivity contribution >= 4 is 28.4 Å². The van der Waals surface area contributed by atoms with Crippen molar-refractivity contribution in [1.82, 2.24) is 0 Å². The monoisotopic (exact) mass is 366 g/mol. The number of anilines is 1. The summed E-state index contributed by atoms with van der Waals surface area (Å²) >= 11 is 1.58. The molecule has 0 saturated heterocycles. The molecule has 2 aromatic carbocycles. The fourth-order valence-corrected chi connectivity index (χ4v) is 3.83. The predicted molar refractivity (Wildman–Crippen MR) is 109 cm³/mol. The highest BCUT2D eigenvalue weighted by Gasteiger charge is 2.32. The molecule has 0 amide bonds. The Morgan fingerprint density at radius 1 is 1.12 bits per heavy atom. The molecular formula is C21H22N2O2S. The van der Waals surface area contributed by atoms with Gasteiger partial charge in [-0.2, -0.15) is 0 Å². The van der Waals surface area contributed by atoms with Gasteiger partial charge in [0.1, 0.15) is 11.8 Å². The number of methoxy groups -OCH3 is 1. The highest BCUT2D eigenvalue weighted by Crippen LogP contribution is 2.38. The van der Waals surface area contributed by atoms with E-state index in [9.17, 15) is 4.79 Å². The maximum absolute atomic E-state index is 12.5. The second kappa shape index (κ2) is 7.79. The third-order valence-electron chi connectivity index (χ3n) is 4.44. The zero-order valence-corrected chi connectivity index (χ0v) is 16.2. The SMILES string of the molecule is COc1ccc([C@@H]2N=C(SC)N(c3ccccc3)C(C)=C2C(C)=O)cc1. The number of amidine groups is 1. The van der Waals surface area contributed by atoms with E-state index in [-0.39, 0.29) is 11.8 Å². The van der Waals surface area contributed by atoms with Gasteiger partial charge in [-0.3, -0.25) is 9.69 Å². The topological polar surface area (TPSA) is 41.9 Å². The zero-order chi connectivity index (χ0) is 18.7. The molecule has 5 heteroatoms. The second-order valence-corrected chi connectivity index (χ2v) is 6.79. The summed E-state index contributed by atoms with van der Waals surface area (Å²) in [4.78, 5) is 19.5. The van der Waals surface area contributed by atoms with E-state index in [1.54, 1.807) is 25.8 Å². The number of carbonyl (C=O) groups is 1. The minimum Gasteiger partial charge on any atom is -0.497 e. The minimum absolute atomic E-state index is 0.0353. The van der Waals surface area contributed by atoms with Crippen LogP contribution in [0.1, 0.15) is 25.5 Å². The number of allylic oxidation sites excluding steroid dienone is 1. The number of rotatable bonds is 4. The number of nitrogens with zero attached hydrogens (tertiary/aromatic N) is 2. The molecule has 0 unspecified atom stereocenters. The van der Waals surface area contributed by atoms with Crippen LogP contribution in [0.25, 0.3) is 0 Å². The molecule has 1 heterocycles. The lowest BCUT2D eigenvalue weighted by atomic mass is 9.93. The lowest BCUT2D eigenvalue weighted by Gasteiger charge is -2.34. The third kappa shape index (κ3) is 3.40. The summed E-state index contributed by atoms with van der Waals surface area (Å²) < 4.78 is 5.24. The Morgan fingerprint density at radius 2 is 1.77 bits per heavy atom. The van der Waals surface area contributed by atoms with E-state index >= 15 is 0 Å². The first-order chi connectivity index (χ1) is 12.6. The number of ketones is 1. The van der Waals surface area contributed by atoms with E-state index in [1.165, 1.54) is 0 Å². The van der Waals surface area contributed by atoms with Crippen LogP contribution >= 0.6 is 11.8 Å². The van der Waals surface area contributed by atoms with Crippen LogP contribution in [-0.2, 0) is 4.79 Å². The maximum Gasteiger partial charge on any atom is 0.168 e. The van der Waals surface area contributed by atoms with Crippen LogP contribution in [0, 0.1) is 0 Å². The molecule has 0 bridgehead atoms. The van der Waals surface area contributed by atoms with E-state index in [1.807, 2.05) is 67.8 Å². The highest BCUT2D eigenvalue weighted by atomic mass is 32.2. The van der Waals surface area contributed by atoms with Crippen LogP contribution in [-0.4, -0.2) is 24.3 Å². The van der Waals surface area contributed by atoms with E-state index in [4.69, 9.17) is 9.73 Å². The Kier molecular flexibility index (Phi) is 5.47. The number of carbonyl (C=O) groups excluding carboxylic acids is 1. The van der Waals surface area contributed by atoms with Crippen LogP contribution in [0.2, 0.25) is 0 Å². The van der Waals surface area contributed by atoms with Crippen LogP contribution in [0.5, 0.6) is 5.75 Å². The van der Waals surface area contributed by atoms with Gasteiger partial charge >= 0.3 is 0 Å². The van der Waals surface area contributed by atoms with Crippen molar-refractivity contribution in [2.45, 2.75) is 19.9 Å². The van der Waals surface area contributed by atoms with E-state index in [0.717, 1.165) is 33.4 Å². The molecule has 0 aromatic heterocycles. The second-order valence-electron chi connectivity index (χ2n) is 6.02. The Labute approximate surface area is 158 Å². The van der Waals surface area contributed by atoms with Crippen LogP contribution < -0.4 is 9.64 Å². The van der Waals surface area contributed by atoms with Gasteiger partial charge < -0.3 is 4.74 Å². The predicted octanol–water partition coefficient (Wildman–Crippen LogP) is 4.84. The van der Waals surface area contributed by atoms with Crippen molar-refractivity contribution in [3.8, 4) is 5.75 Å². The molecular weight excluding hydrogens is 344 g/mol. The summed E-state index contributed by atoms with van der Waals surface area (Å²) in [7, 11) is 1.64. The standard InChI is InChI=1S/C21H22N2O2S/c1-14-19(15(2)24)20(16-10-12-18(25-3)13-11-16)22-21(26-4)23(14)17-8-6-5-7-9-17/h5-13,20H,1-4H3/t20-/m0/s1. The highest BCUT2D eigenvalue weighted by molar-refractivity contribution is 8.13. The van der Waals surface area contributed by atoms with Gasteiger partial charge in [-0.05, 0) is 49.9 Å². The first-order valence-electron chi connectivity index (χ1n) is 8.39. The van der Waals surface area contributed by atoms with Crippen molar-refractivity contribution in [1.29, 1.82) is 0 Å². The van der Waals surface area contributed by atoms with Crippen molar-refractivity contribution in [3.63, 3.8) is 0 Å². The van der Waals surface area contributed by atoms with Crippen LogP contribution in [0.4, 0.5) is 5.69 Å². The van der Waals surface area contributed by atoms with Gasteiger partial charge in [-0.15, -0.1) is 0 Å². The van der Waals surface area contributed by atoms with Gasteiger partial charge in [-0.1, -0.05) is 42.1 Å². The first-order valence-corrected chi connectivity index (χ1v) is 9.62. The van der Waals surface area contributed by atoms with Crippen molar-refractivity contribution in [2.75, 3.05) is 18.3 Å². The molecule has 1 atom stereocenters. The summed E-state index contributed by atoms with van der Waals surface area (Å²) in [6, 6.07) is 17.5. The molecule has 0 saturated carbocycles. The number of benzene rings is 2. The van der Waals surface area contributed by atoms with Crippen LogP contribution in [0.3, 0.4) is 0 Å². The number of hydrogen-bond acceptors (Lipinski definition) is 5. The van der Waals surface area contributed by atoms with E-state index < -0.39 is 0 Å².